The molecule has 0 aliphatic rings. The molecule has 23 heavy (non-hydrogen) atoms. The number of nitro benzene ring substituents is 1. The number of sulfonamides is 1. The summed E-state index contributed by atoms with van der Waals surface area (Å²) in [7, 11) is -3.86. The minimum absolute atomic E-state index is 0.0272. The fourth-order valence-corrected chi connectivity index (χ4v) is 4.07. The van der Waals surface area contributed by atoms with Gasteiger partial charge in [0.15, 0.2) is 0 Å². The topological polar surface area (TPSA) is 115 Å². The van der Waals surface area contributed by atoms with Gasteiger partial charge in [-0.2, -0.15) is 0 Å². The minimum Gasteiger partial charge on any atom is -0.393 e. The summed E-state index contributed by atoms with van der Waals surface area (Å²) in [5, 5.41) is 10.9. The van der Waals surface area contributed by atoms with Crippen LogP contribution < -0.4 is 10.5 Å². The number of benzene rings is 2. The predicted octanol–water partition coefficient (Wildman–Crippen LogP) is 2.90. The van der Waals surface area contributed by atoms with Gasteiger partial charge >= 0.3 is 0 Å². The van der Waals surface area contributed by atoms with E-state index in [1.165, 1.54) is 12.1 Å². The molecular weight excluding hydrogens is 318 g/mol. The molecule has 122 valence electrons. The highest BCUT2D eigenvalue weighted by Gasteiger charge is 2.21. The van der Waals surface area contributed by atoms with E-state index in [0.717, 1.165) is 11.6 Å². The molecule has 8 heteroatoms. The van der Waals surface area contributed by atoms with Crippen molar-refractivity contribution < 1.29 is 13.3 Å². The molecule has 0 aliphatic heterocycles. The molecule has 0 saturated heterocycles. The molecular formula is C15H17N3O4S. The maximum absolute atomic E-state index is 12.6. The standard InChI is InChI=1S/C15H17N3O4S/c1-9-6-10(2)15(11(3)7-9)23(21,22)17-12-4-5-13(16)14(8-12)18(19)20/h4-8,17H,16H2,1-3H3. The van der Waals surface area contributed by atoms with E-state index < -0.39 is 14.9 Å². The maximum atomic E-state index is 12.6. The molecule has 0 unspecified atom stereocenters. The minimum atomic E-state index is -3.86. The fourth-order valence-electron chi connectivity index (χ4n) is 2.56. The molecule has 0 aliphatic carbocycles. The van der Waals surface area contributed by atoms with Crippen molar-refractivity contribution in [2.45, 2.75) is 25.7 Å². The van der Waals surface area contributed by atoms with E-state index in [9.17, 15) is 18.5 Å². The van der Waals surface area contributed by atoms with Crippen LogP contribution in [0.4, 0.5) is 17.1 Å². The molecule has 7 nitrogen and oxygen atoms in total. The second-order valence-corrected chi connectivity index (χ2v) is 6.98. The summed E-state index contributed by atoms with van der Waals surface area (Å²) in [6.07, 6.45) is 0. The lowest BCUT2D eigenvalue weighted by Gasteiger charge is -2.14. The summed E-state index contributed by atoms with van der Waals surface area (Å²) < 4.78 is 27.6. The number of hydrogen-bond donors (Lipinski definition) is 2. The van der Waals surface area contributed by atoms with Crippen LogP contribution in [0.1, 0.15) is 16.7 Å². The van der Waals surface area contributed by atoms with Gasteiger partial charge in [-0.3, -0.25) is 14.8 Å². The summed E-state index contributed by atoms with van der Waals surface area (Å²) in [4.78, 5) is 10.4. The third kappa shape index (κ3) is 3.42. The average Bonchev–Trinajstić information content (AvgIpc) is 2.38. The summed E-state index contributed by atoms with van der Waals surface area (Å²) in [5.74, 6) is 0. The molecule has 0 amide bonds. The number of aryl methyl sites for hydroxylation is 3. The number of nitrogens with zero attached hydrogens (tertiary/aromatic N) is 1. The van der Waals surface area contributed by atoms with Crippen LogP contribution in [0.25, 0.3) is 0 Å². The molecule has 0 atom stereocenters. The molecule has 0 spiro atoms. The zero-order chi connectivity index (χ0) is 17.4. The third-order valence-electron chi connectivity index (χ3n) is 3.35. The predicted molar refractivity (Wildman–Crippen MR) is 89.0 cm³/mol. The number of rotatable bonds is 4. The van der Waals surface area contributed by atoms with E-state index >= 15 is 0 Å². The molecule has 3 N–H and O–H groups in total. The second-order valence-electron chi connectivity index (χ2n) is 5.36. The highest BCUT2D eigenvalue weighted by atomic mass is 32.2. The molecule has 0 fully saturated rings. The molecule has 0 saturated carbocycles. The van der Waals surface area contributed by atoms with Gasteiger partial charge in [0.2, 0.25) is 0 Å². The molecule has 2 aromatic carbocycles. The second kappa shape index (κ2) is 5.88. The summed E-state index contributed by atoms with van der Waals surface area (Å²) in [5.41, 5.74) is 7.41. The Kier molecular flexibility index (Phi) is 4.28. The molecule has 0 bridgehead atoms. The van der Waals surface area contributed by atoms with Crippen LogP contribution in [0.2, 0.25) is 0 Å². The molecule has 2 aromatic rings. The van der Waals surface area contributed by atoms with Crippen LogP contribution in [0.15, 0.2) is 35.2 Å². The molecule has 0 heterocycles. The Hall–Kier alpha value is -2.61. The summed E-state index contributed by atoms with van der Waals surface area (Å²) in [6, 6.07) is 7.33. The number of nitrogen functional groups attached to an aromatic ring is 1. The quantitative estimate of drug-likeness (QED) is 0.506. The van der Waals surface area contributed by atoms with Crippen LogP contribution in [0.3, 0.4) is 0 Å². The van der Waals surface area contributed by atoms with Crippen LogP contribution >= 0.6 is 0 Å². The zero-order valence-corrected chi connectivity index (χ0v) is 13.8. The number of nitro groups is 1. The van der Waals surface area contributed by atoms with Gasteiger partial charge in [0.05, 0.1) is 15.5 Å². The van der Waals surface area contributed by atoms with Gasteiger partial charge in [0.25, 0.3) is 15.7 Å². The van der Waals surface area contributed by atoms with E-state index in [1.807, 2.05) is 6.92 Å². The van der Waals surface area contributed by atoms with Gasteiger partial charge in [0.1, 0.15) is 5.69 Å². The first-order chi connectivity index (χ1) is 10.6. The normalized spacial score (nSPS) is 11.3. The van der Waals surface area contributed by atoms with Gasteiger partial charge < -0.3 is 5.73 Å². The van der Waals surface area contributed by atoms with Crippen molar-refractivity contribution in [2.24, 2.45) is 0 Å². The van der Waals surface area contributed by atoms with E-state index in [-0.39, 0.29) is 22.0 Å². The number of nitrogens with one attached hydrogen (secondary N) is 1. The lowest BCUT2D eigenvalue weighted by molar-refractivity contribution is -0.383. The Morgan fingerprint density at radius 3 is 2.17 bits per heavy atom. The van der Waals surface area contributed by atoms with Gasteiger partial charge in [-0.25, -0.2) is 8.42 Å². The zero-order valence-electron chi connectivity index (χ0n) is 13.0. The number of nitrogens with two attached hydrogens (primary N) is 1. The maximum Gasteiger partial charge on any atom is 0.294 e. The van der Waals surface area contributed by atoms with E-state index in [2.05, 4.69) is 4.72 Å². The van der Waals surface area contributed by atoms with Gasteiger partial charge in [-0.05, 0) is 44.0 Å². The van der Waals surface area contributed by atoms with Gasteiger partial charge in [0, 0.05) is 6.07 Å². The summed E-state index contributed by atoms with van der Waals surface area (Å²) in [6.45, 7) is 5.30. The highest BCUT2D eigenvalue weighted by Crippen LogP contribution is 2.28. The molecule has 0 radical (unpaired) electrons. The van der Waals surface area contributed by atoms with Crippen molar-refractivity contribution in [1.82, 2.24) is 0 Å². The van der Waals surface area contributed by atoms with Gasteiger partial charge in [-0.15, -0.1) is 0 Å². The van der Waals surface area contributed by atoms with Crippen LogP contribution in [-0.4, -0.2) is 13.3 Å². The first kappa shape index (κ1) is 16.8. The Labute approximate surface area is 134 Å². The van der Waals surface area contributed by atoms with Crippen LogP contribution in [0.5, 0.6) is 0 Å². The summed E-state index contributed by atoms with van der Waals surface area (Å²) >= 11 is 0. The highest BCUT2D eigenvalue weighted by molar-refractivity contribution is 7.92. The lowest BCUT2D eigenvalue weighted by Crippen LogP contribution is -2.16. The van der Waals surface area contributed by atoms with Crippen molar-refractivity contribution in [3.8, 4) is 0 Å². The molecule has 2 rings (SSSR count). The average molecular weight is 335 g/mol. The van der Waals surface area contributed by atoms with E-state index in [0.29, 0.717) is 11.1 Å². The number of hydrogen-bond acceptors (Lipinski definition) is 5. The fraction of sp³-hybridized carbons (Fsp3) is 0.200. The third-order valence-corrected chi connectivity index (χ3v) is 5.04. The van der Waals surface area contributed by atoms with E-state index in [1.54, 1.807) is 26.0 Å². The first-order valence-corrected chi connectivity index (χ1v) is 8.24. The van der Waals surface area contributed by atoms with Crippen molar-refractivity contribution >= 4 is 27.1 Å². The van der Waals surface area contributed by atoms with Crippen molar-refractivity contribution in [2.75, 3.05) is 10.5 Å². The smallest absolute Gasteiger partial charge is 0.294 e. The van der Waals surface area contributed by atoms with Gasteiger partial charge in [-0.1, -0.05) is 17.7 Å². The van der Waals surface area contributed by atoms with Crippen LogP contribution in [-0.2, 0) is 10.0 Å². The Balaban J connectivity index is 2.48. The van der Waals surface area contributed by atoms with Crippen molar-refractivity contribution in [3.05, 3.63) is 57.1 Å². The van der Waals surface area contributed by atoms with E-state index in [4.69, 9.17) is 5.73 Å². The van der Waals surface area contributed by atoms with Crippen molar-refractivity contribution in [1.29, 1.82) is 0 Å². The largest absolute Gasteiger partial charge is 0.393 e. The lowest BCUT2D eigenvalue weighted by atomic mass is 10.1. The number of anilines is 2. The monoisotopic (exact) mass is 335 g/mol. The SMILES string of the molecule is Cc1cc(C)c(S(=O)(=O)Nc2ccc(N)c([N+](=O)[O-])c2)c(C)c1. The van der Waals surface area contributed by atoms with Crippen molar-refractivity contribution in [3.63, 3.8) is 0 Å². The Morgan fingerprint density at radius 2 is 1.65 bits per heavy atom. The Bertz CT molecular complexity index is 869. The first-order valence-electron chi connectivity index (χ1n) is 6.76. The molecule has 0 aromatic heterocycles. The Morgan fingerprint density at radius 1 is 1.09 bits per heavy atom. The van der Waals surface area contributed by atoms with Crippen LogP contribution in [0, 0.1) is 30.9 Å².